The van der Waals surface area contributed by atoms with Gasteiger partial charge in [0.05, 0.1) is 11.3 Å². The monoisotopic (exact) mass is 314 g/mol. The summed E-state index contributed by atoms with van der Waals surface area (Å²) in [6.45, 7) is 0. The van der Waals surface area contributed by atoms with E-state index in [-0.39, 0.29) is 21.9 Å². The van der Waals surface area contributed by atoms with Crippen molar-refractivity contribution >= 4 is 17.2 Å². The molecule has 2 heterocycles. The van der Waals surface area contributed by atoms with Crippen molar-refractivity contribution in [3.63, 3.8) is 0 Å². The zero-order valence-corrected chi connectivity index (χ0v) is 11.1. The molecule has 0 saturated heterocycles. The van der Waals surface area contributed by atoms with E-state index in [0.717, 1.165) is 12.1 Å². The summed E-state index contributed by atoms with van der Waals surface area (Å²) in [5.41, 5.74) is -0.933. The summed E-state index contributed by atoms with van der Waals surface area (Å²) in [4.78, 5) is 3.90. The molecule has 0 N–H and O–H groups in total. The van der Waals surface area contributed by atoms with E-state index in [9.17, 15) is 17.6 Å². The van der Waals surface area contributed by atoms with Gasteiger partial charge in [-0.2, -0.15) is 13.2 Å². The van der Waals surface area contributed by atoms with E-state index in [0.29, 0.717) is 0 Å². The van der Waals surface area contributed by atoms with Crippen molar-refractivity contribution in [1.29, 1.82) is 0 Å². The molecule has 108 valence electrons. The maximum Gasteiger partial charge on any atom is 0.419 e. The van der Waals surface area contributed by atoms with E-state index in [1.54, 1.807) is 0 Å². The Balaban J connectivity index is 2.22. The van der Waals surface area contributed by atoms with Crippen LogP contribution < -0.4 is 0 Å². The van der Waals surface area contributed by atoms with E-state index in [1.165, 1.54) is 35.0 Å². The van der Waals surface area contributed by atoms with Gasteiger partial charge in [0, 0.05) is 23.0 Å². The van der Waals surface area contributed by atoms with Gasteiger partial charge in [0.2, 0.25) is 0 Å². The van der Waals surface area contributed by atoms with Crippen LogP contribution in [-0.2, 0) is 6.18 Å². The minimum absolute atomic E-state index is 0.0937. The summed E-state index contributed by atoms with van der Waals surface area (Å²) in [6, 6.07) is 6.12. The number of nitrogens with zero attached hydrogens (tertiary/aromatic N) is 2. The van der Waals surface area contributed by atoms with Crippen LogP contribution >= 0.6 is 11.6 Å². The molecule has 0 unspecified atom stereocenters. The van der Waals surface area contributed by atoms with Crippen molar-refractivity contribution in [3.05, 3.63) is 59.1 Å². The van der Waals surface area contributed by atoms with E-state index in [2.05, 4.69) is 4.98 Å². The standard InChI is InChI=1S/C14H7ClF4N2/c15-8-3-4-9(11(16)6-8)12-7-21-5-1-2-10(13(21)20-12)14(17,18)19/h1-7H. The Morgan fingerprint density at radius 1 is 1.14 bits per heavy atom. The number of rotatable bonds is 1. The summed E-state index contributed by atoms with van der Waals surface area (Å²) >= 11 is 5.65. The van der Waals surface area contributed by atoms with Crippen LogP contribution in [0.25, 0.3) is 16.9 Å². The third kappa shape index (κ3) is 2.47. The second-order valence-corrected chi connectivity index (χ2v) is 4.84. The van der Waals surface area contributed by atoms with E-state index < -0.39 is 17.6 Å². The van der Waals surface area contributed by atoms with Gasteiger partial charge < -0.3 is 4.40 Å². The van der Waals surface area contributed by atoms with Gasteiger partial charge in [-0.05, 0) is 30.3 Å². The van der Waals surface area contributed by atoms with Gasteiger partial charge in [-0.25, -0.2) is 9.37 Å². The highest BCUT2D eigenvalue weighted by Gasteiger charge is 2.34. The van der Waals surface area contributed by atoms with Crippen molar-refractivity contribution in [1.82, 2.24) is 9.38 Å². The Morgan fingerprint density at radius 3 is 2.57 bits per heavy atom. The van der Waals surface area contributed by atoms with Crippen LogP contribution in [0.4, 0.5) is 17.6 Å². The molecule has 0 aliphatic carbocycles. The van der Waals surface area contributed by atoms with E-state index >= 15 is 0 Å². The summed E-state index contributed by atoms with van der Waals surface area (Å²) in [5.74, 6) is -0.639. The Hall–Kier alpha value is -2.08. The van der Waals surface area contributed by atoms with Crippen molar-refractivity contribution in [2.24, 2.45) is 0 Å². The van der Waals surface area contributed by atoms with Gasteiger partial charge in [-0.3, -0.25) is 0 Å². The molecule has 3 rings (SSSR count). The van der Waals surface area contributed by atoms with Crippen LogP contribution in [0.2, 0.25) is 5.02 Å². The molecule has 2 aromatic heterocycles. The number of aromatic nitrogens is 2. The number of hydrogen-bond acceptors (Lipinski definition) is 1. The minimum atomic E-state index is -4.52. The average Bonchev–Trinajstić information content (AvgIpc) is 2.80. The first-order chi connectivity index (χ1) is 9.86. The average molecular weight is 315 g/mol. The van der Waals surface area contributed by atoms with E-state index in [4.69, 9.17) is 11.6 Å². The normalized spacial score (nSPS) is 12.0. The second kappa shape index (κ2) is 4.73. The molecule has 0 amide bonds. The molecule has 7 heteroatoms. The molecule has 0 atom stereocenters. The van der Waals surface area contributed by atoms with Crippen molar-refractivity contribution in [2.75, 3.05) is 0 Å². The highest BCUT2D eigenvalue weighted by atomic mass is 35.5. The van der Waals surface area contributed by atoms with Crippen LogP contribution in [0, 0.1) is 5.82 Å². The van der Waals surface area contributed by atoms with E-state index in [1.807, 2.05) is 0 Å². The summed E-state index contributed by atoms with van der Waals surface area (Å²) in [6.07, 6.45) is -1.75. The largest absolute Gasteiger partial charge is 0.419 e. The lowest BCUT2D eigenvalue weighted by Gasteiger charge is -2.06. The van der Waals surface area contributed by atoms with Gasteiger partial charge in [-0.1, -0.05) is 11.6 Å². The fraction of sp³-hybridized carbons (Fsp3) is 0.0714. The number of fused-ring (bicyclic) bond motifs is 1. The predicted molar refractivity (Wildman–Crippen MR) is 70.6 cm³/mol. The summed E-state index contributed by atoms with van der Waals surface area (Å²) < 4.78 is 53.8. The molecular weight excluding hydrogens is 308 g/mol. The minimum Gasteiger partial charge on any atom is -0.306 e. The van der Waals surface area contributed by atoms with Crippen LogP contribution in [0.5, 0.6) is 0 Å². The summed E-state index contributed by atoms with van der Waals surface area (Å²) in [7, 11) is 0. The Kier molecular flexibility index (Phi) is 3.13. The fourth-order valence-electron chi connectivity index (χ4n) is 2.06. The van der Waals surface area contributed by atoms with Crippen LogP contribution in [0.15, 0.2) is 42.7 Å². The smallest absolute Gasteiger partial charge is 0.306 e. The molecule has 2 nitrogen and oxygen atoms in total. The van der Waals surface area contributed by atoms with Crippen molar-refractivity contribution in [2.45, 2.75) is 6.18 Å². The first-order valence-corrected chi connectivity index (χ1v) is 6.24. The van der Waals surface area contributed by atoms with Crippen LogP contribution in [0.3, 0.4) is 0 Å². The second-order valence-electron chi connectivity index (χ2n) is 4.40. The number of hydrogen-bond donors (Lipinski definition) is 0. The molecule has 0 aliphatic heterocycles. The van der Waals surface area contributed by atoms with Crippen molar-refractivity contribution < 1.29 is 17.6 Å². The van der Waals surface area contributed by atoms with Gasteiger partial charge >= 0.3 is 6.18 Å². The zero-order chi connectivity index (χ0) is 15.2. The highest BCUT2D eigenvalue weighted by Crippen LogP contribution is 2.33. The number of pyridine rings is 1. The Labute approximate surface area is 121 Å². The summed E-state index contributed by atoms with van der Waals surface area (Å²) in [5, 5.41) is 0.205. The highest BCUT2D eigenvalue weighted by molar-refractivity contribution is 6.30. The number of benzene rings is 1. The molecular formula is C14H7ClF4N2. The third-order valence-electron chi connectivity index (χ3n) is 3.00. The Bertz CT molecular complexity index is 823. The third-order valence-corrected chi connectivity index (χ3v) is 3.23. The van der Waals surface area contributed by atoms with Gasteiger partial charge in [0.25, 0.3) is 0 Å². The maximum atomic E-state index is 13.8. The lowest BCUT2D eigenvalue weighted by atomic mass is 10.1. The lowest BCUT2D eigenvalue weighted by Crippen LogP contribution is -2.07. The molecule has 0 radical (unpaired) electrons. The SMILES string of the molecule is Fc1cc(Cl)ccc1-c1cn2cccc(C(F)(F)F)c2n1. The molecule has 0 aliphatic rings. The predicted octanol–water partition coefficient (Wildman–Crippen LogP) is 4.81. The Morgan fingerprint density at radius 2 is 1.90 bits per heavy atom. The zero-order valence-electron chi connectivity index (χ0n) is 10.3. The molecule has 0 fully saturated rings. The first kappa shape index (κ1) is 13.9. The molecule has 0 spiro atoms. The van der Waals surface area contributed by atoms with Gasteiger partial charge in [0.1, 0.15) is 11.5 Å². The molecule has 0 saturated carbocycles. The molecule has 1 aromatic carbocycles. The lowest BCUT2D eigenvalue weighted by molar-refractivity contribution is -0.136. The molecule has 3 aromatic rings. The number of halogens is 5. The van der Waals surface area contributed by atoms with Gasteiger partial charge in [0.15, 0.2) is 0 Å². The molecule has 0 bridgehead atoms. The maximum absolute atomic E-state index is 13.8. The van der Waals surface area contributed by atoms with Gasteiger partial charge in [-0.15, -0.1) is 0 Å². The topological polar surface area (TPSA) is 17.3 Å². The first-order valence-electron chi connectivity index (χ1n) is 5.86. The van der Waals surface area contributed by atoms with Crippen LogP contribution in [-0.4, -0.2) is 9.38 Å². The number of alkyl halides is 3. The fourth-order valence-corrected chi connectivity index (χ4v) is 2.22. The molecule has 21 heavy (non-hydrogen) atoms. The quantitative estimate of drug-likeness (QED) is 0.589. The van der Waals surface area contributed by atoms with Crippen LogP contribution in [0.1, 0.15) is 5.56 Å². The number of imidazole rings is 1. The van der Waals surface area contributed by atoms with Crippen molar-refractivity contribution in [3.8, 4) is 11.3 Å².